The maximum absolute atomic E-state index is 11.4. The number of ether oxygens (including phenoxy) is 1. The topological polar surface area (TPSA) is 134 Å². The molecule has 0 amide bonds. The lowest BCUT2D eigenvalue weighted by molar-refractivity contribution is -0.146. The van der Waals surface area contributed by atoms with Crippen LogP contribution in [-0.2, 0) is 14.3 Å². The number of methoxy groups -OCH3 is 1. The summed E-state index contributed by atoms with van der Waals surface area (Å²) in [5.41, 5.74) is 0.0621. The van der Waals surface area contributed by atoms with Gasteiger partial charge in [0.15, 0.2) is 0 Å². The van der Waals surface area contributed by atoms with Crippen LogP contribution in [0.25, 0.3) is 11.0 Å². The second-order valence-corrected chi connectivity index (χ2v) is 6.76. The number of carbonyl (C=O) groups is 3. The number of para-hydroxylation sites is 1. The zero-order valence-electron chi connectivity index (χ0n) is 16.2. The van der Waals surface area contributed by atoms with E-state index in [0.29, 0.717) is 11.2 Å². The van der Waals surface area contributed by atoms with E-state index in [1.165, 1.54) is 32.3 Å². The van der Waals surface area contributed by atoms with Crippen molar-refractivity contribution in [1.29, 1.82) is 0 Å². The molecule has 0 saturated carbocycles. The van der Waals surface area contributed by atoms with Crippen molar-refractivity contribution < 1.29 is 38.9 Å². The second-order valence-electron chi connectivity index (χ2n) is 6.76. The minimum absolute atomic E-state index is 0.0174. The highest BCUT2D eigenvalue weighted by Crippen LogP contribution is 2.40. The maximum atomic E-state index is 11.4. The first-order chi connectivity index (χ1) is 13.6. The Morgan fingerprint density at radius 1 is 1.10 bits per heavy atom. The van der Waals surface area contributed by atoms with Gasteiger partial charge in [-0.3, -0.25) is 4.79 Å². The molecule has 0 aliphatic heterocycles. The molecule has 1 aromatic carbocycles. The summed E-state index contributed by atoms with van der Waals surface area (Å²) in [4.78, 5) is 32.7. The first-order valence-electron chi connectivity index (χ1n) is 8.72. The van der Waals surface area contributed by atoms with Gasteiger partial charge in [-0.15, -0.1) is 0 Å². The standard InChI is InChI=1S/C12H16O5.C9H6O3/c1-7(17-3)9-5-4-8(10(13)14)6-12(9,2)11(15)16;10-9(11)8-5-6-3-1-2-4-7(6)12-8/h4-5,7H,6H2,1-3H3,(H,13,14)(H,15,16);1-5H,(H,10,11). The molecule has 2 unspecified atom stereocenters. The van der Waals surface area contributed by atoms with E-state index >= 15 is 0 Å². The van der Waals surface area contributed by atoms with Gasteiger partial charge in [-0.2, -0.15) is 0 Å². The van der Waals surface area contributed by atoms with Crippen LogP contribution in [0.3, 0.4) is 0 Å². The molecule has 0 bridgehead atoms. The summed E-state index contributed by atoms with van der Waals surface area (Å²) >= 11 is 0. The van der Waals surface area contributed by atoms with Gasteiger partial charge in [0.25, 0.3) is 0 Å². The quantitative estimate of drug-likeness (QED) is 0.691. The third-order valence-electron chi connectivity index (χ3n) is 4.82. The van der Waals surface area contributed by atoms with Crippen LogP contribution in [-0.4, -0.2) is 46.4 Å². The number of benzene rings is 1. The van der Waals surface area contributed by atoms with Crippen LogP contribution < -0.4 is 0 Å². The van der Waals surface area contributed by atoms with Crippen LogP contribution in [0.2, 0.25) is 0 Å². The van der Waals surface area contributed by atoms with Crippen molar-refractivity contribution in [2.45, 2.75) is 26.4 Å². The summed E-state index contributed by atoms with van der Waals surface area (Å²) in [7, 11) is 1.49. The van der Waals surface area contributed by atoms with Crippen molar-refractivity contribution in [3.8, 4) is 0 Å². The molecule has 3 rings (SSSR count). The van der Waals surface area contributed by atoms with E-state index < -0.39 is 23.3 Å². The molecule has 3 N–H and O–H groups in total. The molecule has 0 fully saturated rings. The van der Waals surface area contributed by atoms with Crippen molar-refractivity contribution in [3.05, 3.63) is 59.4 Å². The summed E-state index contributed by atoms with van der Waals surface area (Å²) in [6.45, 7) is 3.26. The van der Waals surface area contributed by atoms with Crippen LogP contribution in [0.4, 0.5) is 0 Å². The molecule has 0 saturated heterocycles. The Labute approximate surface area is 166 Å². The Balaban J connectivity index is 0.000000218. The van der Waals surface area contributed by atoms with E-state index in [4.69, 9.17) is 19.4 Å². The van der Waals surface area contributed by atoms with E-state index in [9.17, 15) is 19.5 Å². The lowest BCUT2D eigenvalue weighted by atomic mass is 9.72. The van der Waals surface area contributed by atoms with Crippen LogP contribution in [0.15, 0.2) is 58.0 Å². The number of carboxylic acid groups (broad SMARTS) is 3. The van der Waals surface area contributed by atoms with E-state index in [2.05, 4.69) is 0 Å². The first-order valence-corrected chi connectivity index (χ1v) is 8.72. The minimum Gasteiger partial charge on any atom is -0.481 e. The van der Waals surface area contributed by atoms with Gasteiger partial charge in [-0.1, -0.05) is 30.4 Å². The smallest absolute Gasteiger partial charge is 0.371 e. The molecule has 1 aromatic heterocycles. The number of fused-ring (bicyclic) bond motifs is 1. The van der Waals surface area contributed by atoms with Crippen molar-refractivity contribution in [1.82, 2.24) is 0 Å². The molecule has 1 aliphatic rings. The van der Waals surface area contributed by atoms with E-state index in [-0.39, 0.29) is 23.9 Å². The largest absolute Gasteiger partial charge is 0.481 e. The van der Waals surface area contributed by atoms with Gasteiger partial charge in [0.2, 0.25) is 5.76 Å². The first kappa shape index (κ1) is 21.9. The molecule has 8 heteroatoms. The van der Waals surface area contributed by atoms with Gasteiger partial charge in [0.05, 0.1) is 11.5 Å². The number of furan rings is 1. The van der Waals surface area contributed by atoms with E-state index in [0.717, 1.165) is 5.39 Å². The zero-order valence-corrected chi connectivity index (χ0v) is 16.2. The molecular formula is C21H22O8. The highest BCUT2D eigenvalue weighted by Gasteiger charge is 2.42. The molecule has 2 atom stereocenters. The van der Waals surface area contributed by atoms with Crippen molar-refractivity contribution in [3.63, 3.8) is 0 Å². The maximum Gasteiger partial charge on any atom is 0.371 e. The van der Waals surface area contributed by atoms with Gasteiger partial charge in [0.1, 0.15) is 5.58 Å². The monoisotopic (exact) mass is 402 g/mol. The molecule has 0 radical (unpaired) electrons. The molecule has 0 spiro atoms. The van der Waals surface area contributed by atoms with Gasteiger partial charge in [0, 0.05) is 18.1 Å². The highest BCUT2D eigenvalue weighted by molar-refractivity contribution is 5.91. The summed E-state index contributed by atoms with van der Waals surface area (Å²) < 4.78 is 10.2. The Bertz CT molecular complexity index is 964. The van der Waals surface area contributed by atoms with Crippen LogP contribution >= 0.6 is 0 Å². The van der Waals surface area contributed by atoms with Gasteiger partial charge in [-0.25, -0.2) is 9.59 Å². The SMILES string of the molecule is COC(C)C1=CC=C(C(=O)O)CC1(C)C(=O)O.O=C(O)c1cc2ccccc2o1. The Kier molecular flexibility index (Phi) is 6.60. The van der Waals surface area contributed by atoms with E-state index in [1.54, 1.807) is 19.1 Å². The highest BCUT2D eigenvalue weighted by atomic mass is 16.5. The number of aromatic carboxylic acids is 1. The fourth-order valence-corrected chi connectivity index (χ4v) is 3.06. The number of aliphatic carboxylic acids is 2. The molecule has 2 aromatic rings. The average molecular weight is 402 g/mol. The molecule has 154 valence electrons. The van der Waals surface area contributed by atoms with Crippen LogP contribution in [0.5, 0.6) is 0 Å². The number of allylic oxidation sites excluding steroid dienone is 2. The van der Waals surface area contributed by atoms with Crippen LogP contribution in [0, 0.1) is 5.41 Å². The zero-order chi connectivity index (χ0) is 21.8. The van der Waals surface area contributed by atoms with E-state index in [1.807, 2.05) is 12.1 Å². The third-order valence-corrected chi connectivity index (χ3v) is 4.82. The normalized spacial score (nSPS) is 19.4. The molecule has 1 heterocycles. The van der Waals surface area contributed by atoms with Gasteiger partial charge < -0.3 is 24.5 Å². The molecular weight excluding hydrogens is 380 g/mol. The summed E-state index contributed by atoms with van der Waals surface area (Å²) in [5, 5.41) is 27.6. The second kappa shape index (κ2) is 8.74. The fraction of sp³-hybridized carbons (Fsp3) is 0.286. The minimum atomic E-state index is -1.22. The predicted molar refractivity (Wildman–Crippen MR) is 104 cm³/mol. The van der Waals surface area contributed by atoms with Crippen molar-refractivity contribution >= 4 is 28.9 Å². The van der Waals surface area contributed by atoms with Crippen molar-refractivity contribution in [2.24, 2.45) is 5.41 Å². The Hall–Kier alpha value is -3.39. The number of hydrogen-bond acceptors (Lipinski definition) is 5. The lowest BCUT2D eigenvalue weighted by Gasteiger charge is -2.33. The van der Waals surface area contributed by atoms with Gasteiger partial charge >= 0.3 is 17.9 Å². The lowest BCUT2D eigenvalue weighted by Crippen LogP contribution is -2.37. The molecule has 8 nitrogen and oxygen atoms in total. The number of hydrogen-bond donors (Lipinski definition) is 3. The summed E-state index contributed by atoms with van der Waals surface area (Å²) in [6, 6.07) is 8.70. The Morgan fingerprint density at radius 2 is 1.76 bits per heavy atom. The van der Waals surface area contributed by atoms with Crippen LogP contribution in [0.1, 0.15) is 30.8 Å². The average Bonchev–Trinajstić information content (AvgIpc) is 3.12. The molecule has 29 heavy (non-hydrogen) atoms. The van der Waals surface area contributed by atoms with Gasteiger partial charge in [-0.05, 0) is 38.0 Å². The number of rotatable bonds is 5. The summed E-state index contributed by atoms with van der Waals surface area (Å²) in [5.74, 6) is -3.18. The third kappa shape index (κ3) is 4.72. The fourth-order valence-electron chi connectivity index (χ4n) is 3.06. The van der Waals surface area contributed by atoms with Crippen molar-refractivity contribution in [2.75, 3.05) is 7.11 Å². The molecule has 1 aliphatic carbocycles. The Morgan fingerprint density at radius 3 is 2.28 bits per heavy atom. The predicted octanol–water partition coefficient (Wildman–Crippen LogP) is 3.58. The summed E-state index contributed by atoms with van der Waals surface area (Å²) in [6.07, 6.45) is 2.59. The number of carboxylic acids is 3.